The molecule has 0 saturated carbocycles. The van der Waals surface area contributed by atoms with Crippen molar-refractivity contribution in [3.05, 3.63) is 30.1 Å². The van der Waals surface area contributed by atoms with Crippen LogP contribution in [0.4, 0.5) is 4.79 Å². The van der Waals surface area contributed by atoms with E-state index in [9.17, 15) is 18.0 Å². The van der Waals surface area contributed by atoms with Crippen molar-refractivity contribution < 1.29 is 31.6 Å². The monoisotopic (exact) mass is 371 g/mol. The van der Waals surface area contributed by atoms with Crippen molar-refractivity contribution in [1.82, 2.24) is 14.9 Å². The highest BCUT2D eigenvalue weighted by Gasteiger charge is 2.49. The van der Waals surface area contributed by atoms with Gasteiger partial charge in [-0.3, -0.25) is 9.54 Å². The van der Waals surface area contributed by atoms with Crippen molar-refractivity contribution >= 4 is 22.4 Å². The molecule has 3 heterocycles. The molecule has 1 aromatic rings. The normalized spacial score (nSPS) is 23.0. The molecule has 2 saturated heterocycles. The van der Waals surface area contributed by atoms with E-state index in [0.717, 1.165) is 5.56 Å². The second-order valence-electron chi connectivity index (χ2n) is 5.78. The van der Waals surface area contributed by atoms with Gasteiger partial charge in [-0.15, -0.1) is 4.28 Å². The second-order valence-corrected chi connectivity index (χ2v) is 6.79. The van der Waals surface area contributed by atoms with Crippen LogP contribution in [0, 0.1) is 0 Å². The Kier molecular flexibility index (Phi) is 4.88. The van der Waals surface area contributed by atoms with E-state index in [1.807, 2.05) is 12.1 Å². The molecule has 0 aromatic carbocycles. The molecule has 1 N–H and O–H groups in total. The third kappa shape index (κ3) is 4.06. The van der Waals surface area contributed by atoms with E-state index < -0.39 is 34.5 Å². The van der Waals surface area contributed by atoms with E-state index in [1.165, 1.54) is 4.90 Å². The van der Waals surface area contributed by atoms with Gasteiger partial charge in [-0.2, -0.15) is 13.5 Å². The smallest absolute Gasteiger partial charge is 0.418 e. The number of amides is 2. The lowest BCUT2D eigenvalue weighted by molar-refractivity contribution is -0.149. The highest BCUT2D eigenvalue weighted by molar-refractivity contribution is 7.80. The number of pyridine rings is 1. The van der Waals surface area contributed by atoms with Crippen LogP contribution in [0.15, 0.2) is 24.5 Å². The minimum atomic E-state index is -4.80. The van der Waals surface area contributed by atoms with Gasteiger partial charge in [-0.1, -0.05) is 0 Å². The minimum Gasteiger partial charge on any atom is -0.464 e. The highest BCUT2D eigenvalue weighted by Crippen LogP contribution is 2.31. The molecule has 1 aromatic heterocycles. The molecular formula is C14H17N3O7S. The number of hydroxylamine groups is 2. The van der Waals surface area contributed by atoms with E-state index in [2.05, 4.69) is 9.27 Å². The van der Waals surface area contributed by atoms with Crippen LogP contribution in [-0.4, -0.2) is 65.2 Å². The predicted octanol–water partition coefficient (Wildman–Crippen LogP) is 0.170. The van der Waals surface area contributed by atoms with Gasteiger partial charge in [0.2, 0.25) is 0 Å². The molecule has 2 amide bonds. The summed E-state index contributed by atoms with van der Waals surface area (Å²) in [6.45, 7) is 0.300. The molecule has 10 nitrogen and oxygen atoms in total. The Morgan fingerprint density at radius 3 is 2.72 bits per heavy atom. The molecule has 2 aliphatic heterocycles. The molecule has 136 valence electrons. The van der Waals surface area contributed by atoms with Gasteiger partial charge in [0, 0.05) is 25.4 Å². The molecule has 2 atom stereocenters. The van der Waals surface area contributed by atoms with Gasteiger partial charge < -0.3 is 9.64 Å². The number of nitrogens with zero attached hydrogens (tertiary/aromatic N) is 3. The fourth-order valence-electron chi connectivity index (χ4n) is 2.99. The Labute approximate surface area is 144 Å². The number of urea groups is 1. The zero-order valence-electron chi connectivity index (χ0n) is 13.1. The number of carbonyl (C=O) groups excluding carboxylic acids is 2. The summed E-state index contributed by atoms with van der Waals surface area (Å²) in [6.07, 6.45) is 4.50. The van der Waals surface area contributed by atoms with Gasteiger partial charge in [0.05, 0.1) is 12.6 Å². The molecule has 11 heteroatoms. The highest BCUT2D eigenvalue weighted by atomic mass is 32.3. The fraction of sp³-hybridized carbons (Fsp3) is 0.500. The van der Waals surface area contributed by atoms with Crippen LogP contribution in [0.5, 0.6) is 0 Å². The first-order valence-electron chi connectivity index (χ1n) is 7.67. The number of hydrogen-bond donors (Lipinski definition) is 1. The molecule has 3 rings (SSSR count). The first-order chi connectivity index (χ1) is 11.8. The topological polar surface area (TPSA) is 126 Å². The summed E-state index contributed by atoms with van der Waals surface area (Å²) >= 11 is 0. The van der Waals surface area contributed by atoms with Crippen LogP contribution in [-0.2, 0) is 30.6 Å². The predicted molar refractivity (Wildman–Crippen MR) is 82.3 cm³/mol. The molecule has 0 spiro atoms. The van der Waals surface area contributed by atoms with E-state index in [4.69, 9.17) is 9.29 Å². The Balaban J connectivity index is 1.57. The van der Waals surface area contributed by atoms with E-state index in [0.29, 0.717) is 24.3 Å². The summed E-state index contributed by atoms with van der Waals surface area (Å²) in [5.74, 6) is -0.547. The summed E-state index contributed by atoms with van der Waals surface area (Å²) in [7, 11) is -4.80. The number of esters is 1. The first kappa shape index (κ1) is 17.6. The van der Waals surface area contributed by atoms with Crippen molar-refractivity contribution in [3.63, 3.8) is 0 Å². The van der Waals surface area contributed by atoms with Gasteiger partial charge >= 0.3 is 22.4 Å². The van der Waals surface area contributed by atoms with Crippen molar-refractivity contribution in [2.75, 3.05) is 13.2 Å². The molecule has 2 aliphatic rings. The number of fused-ring (bicyclic) bond motifs is 2. The fourth-order valence-corrected chi connectivity index (χ4v) is 3.38. The van der Waals surface area contributed by atoms with Crippen LogP contribution >= 0.6 is 0 Å². The number of carbonyl (C=O) groups is 2. The van der Waals surface area contributed by atoms with Gasteiger partial charge in [-0.25, -0.2) is 9.59 Å². The molecule has 0 radical (unpaired) electrons. The summed E-state index contributed by atoms with van der Waals surface area (Å²) in [4.78, 5) is 29.6. The number of hydrogen-bond acceptors (Lipinski definition) is 7. The van der Waals surface area contributed by atoms with Crippen molar-refractivity contribution in [2.45, 2.75) is 31.3 Å². The SMILES string of the molecule is O=C(OCCc1ccncc1)[C@H]1CC[C@@H]2CN1C(=O)N2OS(=O)(=O)O. The summed E-state index contributed by atoms with van der Waals surface area (Å²) in [6, 6.07) is 1.52. The second kappa shape index (κ2) is 6.94. The Hall–Kier alpha value is -2.24. The lowest BCUT2D eigenvalue weighted by Gasteiger charge is -2.28. The van der Waals surface area contributed by atoms with Gasteiger partial charge in [0.25, 0.3) is 0 Å². The molecule has 25 heavy (non-hydrogen) atoms. The van der Waals surface area contributed by atoms with Crippen LogP contribution in [0.25, 0.3) is 0 Å². The average molecular weight is 371 g/mol. The van der Waals surface area contributed by atoms with Gasteiger partial charge in [0.1, 0.15) is 6.04 Å². The number of ether oxygens (including phenoxy) is 1. The molecular weight excluding hydrogens is 354 g/mol. The number of aromatic nitrogens is 1. The van der Waals surface area contributed by atoms with E-state index >= 15 is 0 Å². The average Bonchev–Trinajstić information content (AvgIpc) is 2.79. The third-order valence-electron chi connectivity index (χ3n) is 4.15. The number of piperidine rings is 1. The maximum atomic E-state index is 12.3. The lowest BCUT2D eigenvalue weighted by Crippen LogP contribution is -2.46. The number of rotatable bonds is 6. The maximum absolute atomic E-state index is 12.3. The van der Waals surface area contributed by atoms with Crippen LogP contribution in [0.1, 0.15) is 18.4 Å². The largest absolute Gasteiger partial charge is 0.464 e. The first-order valence-corrected chi connectivity index (χ1v) is 9.04. The van der Waals surface area contributed by atoms with Crippen LogP contribution in [0.2, 0.25) is 0 Å². The molecule has 0 unspecified atom stereocenters. The van der Waals surface area contributed by atoms with Crippen LogP contribution < -0.4 is 0 Å². The Morgan fingerprint density at radius 2 is 2.04 bits per heavy atom. The van der Waals surface area contributed by atoms with Crippen molar-refractivity contribution in [2.24, 2.45) is 0 Å². The lowest BCUT2D eigenvalue weighted by atomic mass is 10.0. The maximum Gasteiger partial charge on any atom is 0.418 e. The van der Waals surface area contributed by atoms with Crippen molar-refractivity contribution in [3.8, 4) is 0 Å². The quantitative estimate of drug-likeness (QED) is 0.554. The van der Waals surface area contributed by atoms with Crippen LogP contribution in [0.3, 0.4) is 0 Å². The van der Waals surface area contributed by atoms with Gasteiger partial charge in [0.15, 0.2) is 0 Å². The van der Waals surface area contributed by atoms with Crippen molar-refractivity contribution in [1.29, 1.82) is 0 Å². The zero-order valence-corrected chi connectivity index (χ0v) is 14.0. The third-order valence-corrected chi connectivity index (χ3v) is 4.50. The Morgan fingerprint density at radius 1 is 1.32 bits per heavy atom. The van der Waals surface area contributed by atoms with E-state index in [-0.39, 0.29) is 13.2 Å². The zero-order chi connectivity index (χ0) is 18.0. The summed E-state index contributed by atoms with van der Waals surface area (Å²) in [5, 5.41) is 0.597. The summed E-state index contributed by atoms with van der Waals surface area (Å²) in [5.41, 5.74) is 0.969. The molecule has 2 fully saturated rings. The molecule has 0 aliphatic carbocycles. The minimum absolute atomic E-state index is 0.137. The Bertz CT molecular complexity index is 755. The van der Waals surface area contributed by atoms with E-state index in [1.54, 1.807) is 12.4 Å². The van der Waals surface area contributed by atoms with Gasteiger partial charge in [-0.05, 0) is 30.5 Å². The standard InChI is InChI=1S/C14H17N3O7S/c18-13(23-8-5-10-3-6-15-7-4-10)12-2-1-11-9-16(12)14(19)17(11)24-25(20,21)22/h3-4,6-7,11-12H,1-2,5,8-9H2,(H,20,21,22)/t11-,12-/m1/s1. The molecule has 2 bridgehead atoms. The summed E-state index contributed by atoms with van der Waals surface area (Å²) < 4.78 is 40.0.